The number of hydrogen-bond acceptors (Lipinski definition) is 7. The minimum atomic E-state index is -0.388. The van der Waals surface area contributed by atoms with Gasteiger partial charge in [0.05, 0.1) is 35.8 Å². The van der Waals surface area contributed by atoms with Crippen LogP contribution in [0.1, 0.15) is 50.6 Å². The Morgan fingerprint density at radius 1 is 1.25 bits per heavy atom. The fourth-order valence-corrected chi connectivity index (χ4v) is 4.48. The zero-order valence-electron chi connectivity index (χ0n) is 19.3. The van der Waals surface area contributed by atoms with Crippen LogP contribution in [0.4, 0.5) is 16.2 Å². The number of benzene rings is 1. The highest BCUT2D eigenvalue weighted by Gasteiger charge is 2.35. The first-order valence-corrected chi connectivity index (χ1v) is 11.1. The number of hydrogen-bond donors (Lipinski definition) is 1. The molecule has 9 heteroatoms. The van der Waals surface area contributed by atoms with Crippen LogP contribution in [0.3, 0.4) is 0 Å². The molecule has 1 aromatic heterocycles. The SMILES string of the molecule is CC(=O)N1c2ccc(C3CNN(Cc4cc(C)on4)C3)cc2N(C(=O)OC(C)C)C[C@@H]1C. The molecule has 2 aliphatic heterocycles. The zero-order chi connectivity index (χ0) is 23.0. The number of aromatic nitrogens is 1. The van der Waals surface area contributed by atoms with Gasteiger partial charge in [-0.2, -0.15) is 0 Å². The fourth-order valence-electron chi connectivity index (χ4n) is 4.48. The van der Waals surface area contributed by atoms with Gasteiger partial charge >= 0.3 is 6.09 Å². The molecule has 4 rings (SSSR count). The highest BCUT2D eigenvalue weighted by Crippen LogP contribution is 2.39. The molecule has 1 unspecified atom stereocenters. The van der Waals surface area contributed by atoms with Crippen LogP contribution >= 0.6 is 0 Å². The maximum Gasteiger partial charge on any atom is 0.414 e. The summed E-state index contributed by atoms with van der Waals surface area (Å²) in [4.78, 5) is 28.6. The minimum absolute atomic E-state index is 0.0417. The molecule has 1 fully saturated rings. The molecule has 1 N–H and O–H groups in total. The molecule has 2 amide bonds. The van der Waals surface area contributed by atoms with Gasteiger partial charge in [-0.3, -0.25) is 15.1 Å². The van der Waals surface area contributed by atoms with E-state index in [4.69, 9.17) is 9.26 Å². The Hall–Kier alpha value is -2.91. The molecular formula is C23H31N5O4. The first-order valence-electron chi connectivity index (χ1n) is 11.1. The van der Waals surface area contributed by atoms with Crippen molar-refractivity contribution in [2.45, 2.75) is 59.2 Å². The lowest BCUT2D eigenvalue weighted by Gasteiger charge is -2.40. The van der Waals surface area contributed by atoms with Crippen LogP contribution in [-0.4, -0.2) is 53.9 Å². The summed E-state index contributed by atoms with van der Waals surface area (Å²) in [5.41, 5.74) is 6.86. The summed E-state index contributed by atoms with van der Waals surface area (Å²) in [6.45, 7) is 11.7. The second kappa shape index (κ2) is 8.91. The van der Waals surface area contributed by atoms with Crippen molar-refractivity contribution in [1.29, 1.82) is 0 Å². The van der Waals surface area contributed by atoms with Crippen molar-refractivity contribution in [3.63, 3.8) is 0 Å². The van der Waals surface area contributed by atoms with E-state index in [0.29, 0.717) is 18.8 Å². The maximum absolute atomic E-state index is 12.8. The van der Waals surface area contributed by atoms with Crippen molar-refractivity contribution >= 4 is 23.4 Å². The number of carbonyl (C=O) groups is 2. The second-order valence-corrected chi connectivity index (χ2v) is 8.90. The Bertz CT molecular complexity index is 1000. The van der Waals surface area contributed by atoms with E-state index in [1.165, 1.54) is 0 Å². The molecule has 0 spiro atoms. The molecule has 0 aliphatic carbocycles. The van der Waals surface area contributed by atoms with Gasteiger partial charge in [0.2, 0.25) is 5.91 Å². The Kier molecular flexibility index (Phi) is 6.21. The van der Waals surface area contributed by atoms with E-state index >= 15 is 0 Å². The van der Waals surface area contributed by atoms with Gasteiger partial charge in [0.25, 0.3) is 0 Å². The Morgan fingerprint density at radius 2 is 2.03 bits per heavy atom. The lowest BCUT2D eigenvalue weighted by Crippen LogP contribution is -2.51. The van der Waals surface area contributed by atoms with Crippen LogP contribution < -0.4 is 15.2 Å². The quantitative estimate of drug-likeness (QED) is 0.779. The van der Waals surface area contributed by atoms with E-state index in [1.54, 1.807) is 16.7 Å². The lowest BCUT2D eigenvalue weighted by molar-refractivity contribution is -0.117. The summed E-state index contributed by atoms with van der Waals surface area (Å²) in [7, 11) is 0. The van der Waals surface area contributed by atoms with Gasteiger partial charge in [0.15, 0.2) is 0 Å². The Balaban J connectivity index is 1.59. The van der Waals surface area contributed by atoms with Gasteiger partial charge in [0, 0.05) is 38.5 Å². The molecule has 1 aromatic carbocycles. The predicted molar refractivity (Wildman–Crippen MR) is 120 cm³/mol. The molecular weight excluding hydrogens is 410 g/mol. The van der Waals surface area contributed by atoms with E-state index in [-0.39, 0.29) is 30.1 Å². The van der Waals surface area contributed by atoms with Crippen LogP contribution in [0.15, 0.2) is 28.8 Å². The molecule has 2 aromatic rings. The molecule has 1 saturated heterocycles. The molecule has 0 bridgehead atoms. The summed E-state index contributed by atoms with van der Waals surface area (Å²) >= 11 is 0. The van der Waals surface area contributed by atoms with Crippen molar-refractivity contribution in [1.82, 2.24) is 15.6 Å². The van der Waals surface area contributed by atoms with E-state index in [0.717, 1.165) is 35.8 Å². The zero-order valence-corrected chi connectivity index (χ0v) is 19.3. The number of ether oxygens (including phenoxy) is 1. The molecule has 9 nitrogen and oxygen atoms in total. The van der Waals surface area contributed by atoms with E-state index in [9.17, 15) is 9.59 Å². The number of nitrogens with one attached hydrogen (secondary N) is 1. The number of nitrogens with zero attached hydrogens (tertiary/aromatic N) is 4. The number of amides is 2. The van der Waals surface area contributed by atoms with Crippen LogP contribution in [0.2, 0.25) is 0 Å². The number of fused-ring (bicyclic) bond motifs is 1. The van der Waals surface area contributed by atoms with Crippen LogP contribution in [0.5, 0.6) is 0 Å². The monoisotopic (exact) mass is 441 g/mol. The van der Waals surface area contributed by atoms with Gasteiger partial charge in [-0.05, 0) is 45.4 Å². The molecule has 3 heterocycles. The van der Waals surface area contributed by atoms with Gasteiger partial charge in [-0.15, -0.1) is 0 Å². The largest absolute Gasteiger partial charge is 0.446 e. The highest BCUT2D eigenvalue weighted by atomic mass is 16.6. The molecule has 2 aliphatic rings. The number of aryl methyl sites for hydroxylation is 1. The first-order chi connectivity index (χ1) is 15.2. The third-order valence-electron chi connectivity index (χ3n) is 5.84. The van der Waals surface area contributed by atoms with Crippen LogP contribution in [-0.2, 0) is 16.1 Å². The van der Waals surface area contributed by atoms with Crippen molar-refractivity contribution in [2.75, 3.05) is 29.4 Å². The molecule has 32 heavy (non-hydrogen) atoms. The van der Waals surface area contributed by atoms with Gasteiger partial charge < -0.3 is 14.2 Å². The second-order valence-electron chi connectivity index (χ2n) is 8.90. The van der Waals surface area contributed by atoms with Crippen molar-refractivity contribution in [3.05, 3.63) is 41.3 Å². The van der Waals surface area contributed by atoms with E-state index in [2.05, 4.69) is 21.7 Å². The number of hydrazine groups is 1. The van der Waals surface area contributed by atoms with Crippen molar-refractivity contribution in [3.8, 4) is 0 Å². The average molecular weight is 442 g/mol. The van der Waals surface area contributed by atoms with Crippen molar-refractivity contribution in [2.24, 2.45) is 0 Å². The third-order valence-corrected chi connectivity index (χ3v) is 5.84. The van der Waals surface area contributed by atoms with Gasteiger partial charge in [-0.25, -0.2) is 9.80 Å². The summed E-state index contributed by atoms with van der Waals surface area (Å²) in [5.74, 6) is 0.990. The van der Waals surface area contributed by atoms with E-state index < -0.39 is 0 Å². The van der Waals surface area contributed by atoms with E-state index in [1.807, 2.05) is 45.9 Å². The lowest BCUT2D eigenvalue weighted by atomic mass is 9.97. The normalized spacial score (nSPS) is 21.2. The minimum Gasteiger partial charge on any atom is -0.446 e. The van der Waals surface area contributed by atoms with Crippen LogP contribution in [0.25, 0.3) is 0 Å². The number of anilines is 2. The van der Waals surface area contributed by atoms with Crippen molar-refractivity contribution < 1.29 is 18.8 Å². The smallest absolute Gasteiger partial charge is 0.414 e. The Morgan fingerprint density at radius 3 is 2.69 bits per heavy atom. The highest BCUT2D eigenvalue weighted by molar-refractivity contribution is 6.02. The predicted octanol–water partition coefficient (Wildman–Crippen LogP) is 3.19. The Labute approximate surface area is 188 Å². The molecule has 0 saturated carbocycles. The summed E-state index contributed by atoms with van der Waals surface area (Å²) in [6.07, 6.45) is -0.607. The fraction of sp³-hybridized carbons (Fsp3) is 0.522. The molecule has 0 radical (unpaired) electrons. The summed E-state index contributed by atoms with van der Waals surface area (Å²) in [6, 6.07) is 7.81. The van der Waals surface area contributed by atoms with Crippen LogP contribution in [0, 0.1) is 6.92 Å². The maximum atomic E-state index is 12.8. The first kappa shape index (κ1) is 22.3. The number of rotatable bonds is 4. The molecule has 172 valence electrons. The molecule has 2 atom stereocenters. The summed E-state index contributed by atoms with van der Waals surface area (Å²) < 4.78 is 10.7. The summed E-state index contributed by atoms with van der Waals surface area (Å²) in [5, 5.41) is 6.19. The van der Waals surface area contributed by atoms with Gasteiger partial charge in [0.1, 0.15) is 5.76 Å². The van der Waals surface area contributed by atoms with Gasteiger partial charge in [-0.1, -0.05) is 11.2 Å². The topological polar surface area (TPSA) is 91.2 Å². The number of carbonyl (C=O) groups excluding carboxylic acids is 2. The standard InChI is InChI=1S/C23H31N5O4/c1-14(2)31-23(30)27-11-15(3)28(17(5)29)21-7-6-18(9-22(21)27)19-10-24-26(12-19)13-20-8-16(4)32-25-20/h6-9,14-15,19,24H,10-13H2,1-5H3/t15-,19?/m0/s1. The third kappa shape index (κ3) is 4.49. The average Bonchev–Trinajstić information content (AvgIpc) is 3.35.